The summed E-state index contributed by atoms with van der Waals surface area (Å²) in [6.07, 6.45) is 1.41. The Balaban J connectivity index is 1.89. The number of ether oxygens (including phenoxy) is 2. The fourth-order valence-corrected chi connectivity index (χ4v) is 4.13. The van der Waals surface area contributed by atoms with E-state index in [0.717, 1.165) is 5.56 Å². The number of hydrogen-bond donors (Lipinski definition) is 1. The van der Waals surface area contributed by atoms with Gasteiger partial charge in [0, 0.05) is 13.2 Å². The van der Waals surface area contributed by atoms with Gasteiger partial charge in [-0.15, -0.1) is 0 Å². The van der Waals surface area contributed by atoms with Crippen LogP contribution in [-0.2, 0) is 19.8 Å². The molecule has 1 aromatic carbocycles. The third-order valence-electron chi connectivity index (χ3n) is 5.80. The van der Waals surface area contributed by atoms with Crippen LogP contribution >= 0.6 is 0 Å². The average Bonchev–Trinajstić information content (AvgIpc) is 2.88. The molecule has 2 saturated heterocycles. The summed E-state index contributed by atoms with van der Waals surface area (Å²) in [5.74, 6) is 0.0554. The lowest BCUT2D eigenvalue weighted by Crippen LogP contribution is -2.52. The van der Waals surface area contributed by atoms with E-state index in [1.165, 1.54) is 0 Å². The van der Waals surface area contributed by atoms with Gasteiger partial charge in [-0.25, -0.2) is 0 Å². The highest BCUT2D eigenvalue weighted by molar-refractivity contribution is 5.81. The second kappa shape index (κ2) is 7.15. The van der Waals surface area contributed by atoms with Gasteiger partial charge in [-0.05, 0) is 50.3 Å². The molecule has 0 aliphatic carbocycles. The number of nitrogens with one attached hydrogen (secondary N) is 1. The minimum absolute atomic E-state index is 0.0358. The molecule has 0 bridgehead atoms. The van der Waals surface area contributed by atoms with E-state index in [1.54, 1.807) is 6.07 Å². The molecule has 0 radical (unpaired) electrons. The van der Waals surface area contributed by atoms with Gasteiger partial charge >= 0.3 is 0 Å². The predicted molar refractivity (Wildman–Crippen MR) is 93.7 cm³/mol. The molecule has 0 saturated carbocycles. The van der Waals surface area contributed by atoms with Crippen LogP contribution < -0.4 is 5.32 Å². The van der Waals surface area contributed by atoms with Gasteiger partial charge in [0.1, 0.15) is 0 Å². The summed E-state index contributed by atoms with van der Waals surface area (Å²) >= 11 is 0. The Morgan fingerprint density at radius 1 is 1.24 bits per heavy atom. The highest BCUT2D eigenvalue weighted by Gasteiger charge is 2.45. The highest BCUT2D eigenvalue weighted by Crippen LogP contribution is 2.36. The van der Waals surface area contributed by atoms with Crippen molar-refractivity contribution in [3.63, 3.8) is 0 Å². The van der Waals surface area contributed by atoms with Gasteiger partial charge in [0.2, 0.25) is 5.91 Å². The van der Waals surface area contributed by atoms with E-state index in [9.17, 15) is 10.1 Å². The van der Waals surface area contributed by atoms with Crippen molar-refractivity contribution in [3.05, 3.63) is 35.4 Å². The highest BCUT2D eigenvalue weighted by atomic mass is 16.5. The average molecular weight is 342 g/mol. The van der Waals surface area contributed by atoms with E-state index in [-0.39, 0.29) is 30.0 Å². The van der Waals surface area contributed by atoms with Crippen molar-refractivity contribution in [1.29, 1.82) is 5.26 Å². The van der Waals surface area contributed by atoms with Crippen LogP contribution in [0.25, 0.3) is 0 Å². The number of nitriles is 1. The molecule has 0 spiro atoms. The molecular formula is C20H26N2O3. The van der Waals surface area contributed by atoms with Gasteiger partial charge in [0.15, 0.2) is 0 Å². The zero-order chi connectivity index (χ0) is 18.0. The topological polar surface area (TPSA) is 71.3 Å². The molecule has 1 N–H and O–H groups in total. The molecule has 5 nitrogen and oxygen atoms in total. The van der Waals surface area contributed by atoms with Crippen LogP contribution in [0.2, 0.25) is 0 Å². The van der Waals surface area contributed by atoms with Crippen molar-refractivity contribution in [2.45, 2.75) is 51.4 Å². The summed E-state index contributed by atoms with van der Waals surface area (Å²) in [6, 6.07) is 9.73. The van der Waals surface area contributed by atoms with Crippen molar-refractivity contribution in [1.82, 2.24) is 5.32 Å². The maximum Gasteiger partial charge on any atom is 0.226 e. The first kappa shape index (κ1) is 17.9. The summed E-state index contributed by atoms with van der Waals surface area (Å²) in [5, 5.41) is 12.5. The van der Waals surface area contributed by atoms with Gasteiger partial charge in [0.05, 0.1) is 35.3 Å². The molecule has 0 aromatic heterocycles. The van der Waals surface area contributed by atoms with Crippen LogP contribution in [0, 0.1) is 23.2 Å². The smallest absolute Gasteiger partial charge is 0.226 e. The normalized spacial score (nSPS) is 31.3. The first-order valence-electron chi connectivity index (χ1n) is 9.03. The van der Waals surface area contributed by atoms with Crippen LogP contribution in [0.4, 0.5) is 0 Å². The van der Waals surface area contributed by atoms with Gasteiger partial charge in [-0.3, -0.25) is 4.79 Å². The molecule has 134 valence electrons. The number of carbonyl (C=O) groups excluding carboxylic acids is 1. The van der Waals surface area contributed by atoms with E-state index in [1.807, 2.05) is 32.0 Å². The number of rotatable bonds is 3. The van der Waals surface area contributed by atoms with E-state index >= 15 is 0 Å². The SMILES string of the molecule is CC1OC(C)C(C(=O)NC2(c3cccc(C#N)c3)CCOCC2)C1C. The largest absolute Gasteiger partial charge is 0.381 e. The fourth-order valence-electron chi connectivity index (χ4n) is 4.13. The molecule has 4 unspecified atom stereocenters. The molecule has 2 fully saturated rings. The van der Waals surface area contributed by atoms with Gasteiger partial charge in [-0.2, -0.15) is 5.26 Å². The molecule has 1 amide bonds. The zero-order valence-corrected chi connectivity index (χ0v) is 15.1. The molecule has 3 rings (SSSR count). The Hall–Kier alpha value is -1.90. The van der Waals surface area contributed by atoms with Crippen LogP contribution in [0.15, 0.2) is 24.3 Å². The third-order valence-corrected chi connectivity index (χ3v) is 5.80. The summed E-state index contributed by atoms with van der Waals surface area (Å²) in [4.78, 5) is 13.1. The fraction of sp³-hybridized carbons (Fsp3) is 0.600. The summed E-state index contributed by atoms with van der Waals surface area (Å²) in [7, 11) is 0. The molecule has 1 aromatic rings. The van der Waals surface area contributed by atoms with E-state index in [4.69, 9.17) is 9.47 Å². The maximum atomic E-state index is 13.1. The number of hydrogen-bond acceptors (Lipinski definition) is 4. The first-order valence-corrected chi connectivity index (χ1v) is 9.03. The second-order valence-electron chi connectivity index (χ2n) is 7.31. The Morgan fingerprint density at radius 2 is 1.96 bits per heavy atom. The Morgan fingerprint density at radius 3 is 2.56 bits per heavy atom. The second-order valence-corrected chi connectivity index (χ2v) is 7.31. The van der Waals surface area contributed by atoms with Crippen LogP contribution in [0.1, 0.15) is 44.7 Å². The molecule has 2 heterocycles. The molecular weight excluding hydrogens is 316 g/mol. The van der Waals surface area contributed by atoms with Crippen molar-refractivity contribution in [2.24, 2.45) is 11.8 Å². The van der Waals surface area contributed by atoms with Crippen molar-refractivity contribution in [2.75, 3.05) is 13.2 Å². The van der Waals surface area contributed by atoms with E-state index < -0.39 is 5.54 Å². The zero-order valence-electron chi connectivity index (χ0n) is 15.1. The molecule has 2 aliphatic heterocycles. The summed E-state index contributed by atoms with van der Waals surface area (Å²) in [6.45, 7) is 7.26. The standard InChI is InChI=1S/C20H26N2O3/c1-13-14(2)25-15(3)18(13)19(23)22-20(7-9-24-10-8-20)17-6-4-5-16(11-17)12-21/h4-6,11,13-15,18H,7-10H2,1-3H3,(H,22,23). The monoisotopic (exact) mass is 342 g/mol. The maximum absolute atomic E-state index is 13.1. The number of amides is 1. The van der Waals surface area contributed by atoms with E-state index in [2.05, 4.69) is 18.3 Å². The van der Waals surface area contributed by atoms with Crippen molar-refractivity contribution in [3.8, 4) is 6.07 Å². The molecule has 5 heteroatoms. The Kier molecular flexibility index (Phi) is 5.12. The minimum Gasteiger partial charge on any atom is -0.381 e. The van der Waals surface area contributed by atoms with E-state index in [0.29, 0.717) is 31.6 Å². The lowest BCUT2D eigenvalue weighted by Gasteiger charge is -2.40. The van der Waals surface area contributed by atoms with Crippen LogP contribution in [0.5, 0.6) is 0 Å². The Labute approximate surface area is 149 Å². The minimum atomic E-state index is -0.479. The number of benzene rings is 1. The molecule has 25 heavy (non-hydrogen) atoms. The van der Waals surface area contributed by atoms with Crippen LogP contribution in [-0.4, -0.2) is 31.3 Å². The predicted octanol–water partition coefficient (Wildman–Crippen LogP) is 2.74. The van der Waals surface area contributed by atoms with Gasteiger partial charge in [0.25, 0.3) is 0 Å². The lowest BCUT2D eigenvalue weighted by molar-refractivity contribution is -0.130. The molecule has 4 atom stereocenters. The van der Waals surface area contributed by atoms with Crippen molar-refractivity contribution >= 4 is 5.91 Å². The van der Waals surface area contributed by atoms with Crippen LogP contribution in [0.3, 0.4) is 0 Å². The first-order chi connectivity index (χ1) is 12.0. The van der Waals surface area contributed by atoms with Gasteiger partial charge in [-0.1, -0.05) is 19.1 Å². The number of carbonyl (C=O) groups is 1. The summed E-state index contributed by atoms with van der Waals surface area (Å²) in [5.41, 5.74) is 1.11. The number of nitrogens with zero attached hydrogens (tertiary/aromatic N) is 1. The third kappa shape index (κ3) is 3.42. The van der Waals surface area contributed by atoms with Crippen molar-refractivity contribution < 1.29 is 14.3 Å². The Bertz CT molecular complexity index is 676. The quantitative estimate of drug-likeness (QED) is 0.917. The van der Waals surface area contributed by atoms with Gasteiger partial charge < -0.3 is 14.8 Å². The summed E-state index contributed by atoms with van der Waals surface area (Å²) < 4.78 is 11.4. The molecule has 2 aliphatic rings. The lowest BCUT2D eigenvalue weighted by atomic mass is 9.80.